The number of hydrogen-bond donors (Lipinski definition) is 0. The minimum absolute atomic E-state index is 0.0643. The standard InChI is InChI=1S/C22H24N2O3S2/c1-26-19-8-3-2-6-16(19)13-24(14-18-7-4-10-27-18)21(25)12-17-15-29-22(23-17)20-9-5-11-28-20/h2-3,5-6,8-9,11,15,18H,4,7,10,12-14H2,1H3. The molecule has 0 bridgehead atoms. The van der Waals surface area contributed by atoms with Crippen molar-refractivity contribution in [3.63, 3.8) is 0 Å². The van der Waals surface area contributed by atoms with E-state index in [4.69, 9.17) is 9.47 Å². The Morgan fingerprint density at radius 3 is 2.93 bits per heavy atom. The first kappa shape index (κ1) is 20.1. The number of ether oxygens (including phenoxy) is 2. The van der Waals surface area contributed by atoms with Crippen LogP contribution in [0.2, 0.25) is 0 Å². The summed E-state index contributed by atoms with van der Waals surface area (Å²) in [6.45, 7) is 1.88. The van der Waals surface area contributed by atoms with E-state index in [1.807, 2.05) is 46.0 Å². The van der Waals surface area contributed by atoms with Gasteiger partial charge in [0.2, 0.25) is 5.91 Å². The van der Waals surface area contributed by atoms with Gasteiger partial charge in [-0.05, 0) is 30.4 Å². The number of benzene rings is 1. The van der Waals surface area contributed by atoms with Gasteiger partial charge < -0.3 is 14.4 Å². The van der Waals surface area contributed by atoms with Gasteiger partial charge in [0.1, 0.15) is 10.8 Å². The number of rotatable bonds is 8. The van der Waals surface area contributed by atoms with Crippen LogP contribution in [-0.2, 0) is 22.5 Å². The van der Waals surface area contributed by atoms with Gasteiger partial charge in [-0.3, -0.25) is 4.79 Å². The van der Waals surface area contributed by atoms with Crippen molar-refractivity contribution < 1.29 is 14.3 Å². The lowest BCUT2D eigenvalue weighted by atomic mass is 10.1. The summed E-state index contributed by atoms with van der Waals surface area (Å²) in [5.74, 6) is 0.862. The fourth-order valence-corrected chi connectivity index (χ4v) is 5.13. The minimum atomic E-state index is 0.0643. The van der Waals surface area contributed by atoms with Gasteiger partial charge in [0.05, 0.1) is 30.2 Å². The van der Waals surface area contributed by atoms with Crippen molar-refractivity contribution >= 4 is 28.6 Å². The zero-order chi connectivity index (χ0) is 20.1. The second kappa shape index (κ2) is 9.52. The number of hydrogen-bond acceptors (Lipinski definition) is 6. The quantitative estimate of drug-likeness (QED) is 0.525. The van der Waals surface area contributed by atoms with Gasteiger partial charge in [0, 0.05) is 30.6 Å². The van der Waals surface area contributed by atoms with Gasteiger partial charge in [-0.1, -0.05) is 24.3 Å². The third-order valence-corrected chi connectivity index (χ3v) is 6.90. The molecule has 1 fully saturated rings. The molecule has 0 aliphatic carbocycles. The van der Waals surface area contributed by atoms with Crippen molar-refractivity contribution in [3.05, 3.63) is 58.4 Å². The van der Waals surface area contributed by atoms with Gasteiger partial charge >= 0.3 is 0 Å². The number of thiophene rings is 1. The molecule has 3 aromatic rings. The maximum absolute atomic E-state index is 13.2. The molecule has 1 aliphatic heterocycles. The predicted octanol–water partition coefficient (Wildman–Crippen LogP) is 4.63. The van der Waals surface area contributed by atoms with Crippen LogP contribution in [0.1, 0.15) is 24.1 Å². The van der Waals surface area contributed by atoms with Crippen LogP contribution in [-0.4, -0.2) is 42.2 Å². The summed E-state index contributed by atoms with van der Waals surface area (Å²) in [6.07, 6.45) is 2.45. The molecule has 1 aromatic carbocycles. The van der Waals surface area contributed by atoms with Gasteiger partial charge in [-0.15, -0.1) is 22.7 Å². The number of amides is 1. The molecule has 29 heavy (non-hydrogen) atoms. The van der Waals surface area contributed by atoms with Crippen LogP contribution >= 0.6 is 22.7 Å². The molecule has 1 aliphatic rings. The van der Waals surface area contributed by atoms with E-state index in [-0.39, 0.29) is 12.0 Å². The summed E-state index contributed by atoms with van der Waals surface area (Å²) < 4.78 is 11.3. The summed E-state index contributed by atoms with van der Waals surface area (Å²) in [6, 6.07) is 11.9. The van der Waals surface area contributed by atoms with Crippen LogP contribution in [0.5, 0.6) is 5.75 Å². The molecule has 5 nitrogen and oxygen atoms in total. The molecule has 1 saturated heterocycles. The van der Waals surface area contributed by atoms with E-state index in [9.17, 15) is 4.79 Å². The molecule has 0 radical (unpaired) electrons. The second-order valence-electron chi connectivity index (χ2n) is 7.02. The topological polar surface area (TPSA) is 51.7 Å². The van der Waals surface area contributed by atoms with E-state index in [0.29, 0.717) is 19.5 Å². The van der Waals surface area contributed by atoms with Crippen molar-refractivity contribution in [1.82, 2.24) is 9.88 Å². The number of para-hydroxylation sites is 1. The van der Waals surface area contributed by atoms with Crippen LogP contribution in [0, 0.1) is 0 Å². The molecule has 4 rings (SSSR count). The average molecular weight is 429 g/mol. The molecular weight excluding hydrogens is 404 g/mol. The lowest BCUT2D eigenvalue weighted by Crippen LogP contribution is -2.38. The zero-order valence-electron chi connectivity index (χ0n) is 16.4. The zero-order valence-corrected chi connectivity index (χ0v) is 18.0. The van der Waals surface area contributed by atoms with E-state index < -0.39 is 0 Å². The van der Waals surface area contributed by atoms with Gasteiger partial charge in [-0.25, -0.2) is 4.98 Å². The number of carbonyl (C=O) groups excluding carboxylic acids is 1. The molecule has 0 saturated carbocycles. The maximum atomic E-state index is 13.2. The van der Waals surface area contributed by atoms with Crippen molar-refractivity contribution in [2.45, 2.75) is 31.9 Å². The van der Waals surface area contributed by atoms with E-state index in [0.717, 1.165) is 46.3 Å². The summed E-state index contributed by atoms with van der Waals surface area (Å²) >= 11 is 3.25. The first-order valence-electron chi connectivity index (χ1n) is 9.72. The average Bonchev–Trinajstić information content (AvgIpc) is 3.50. The monoisotopic (exact) mass is 428 g/mol. The lowest BCUT2D eigenvalue weighted by molar-refractivity contribution is -0.132. The number of methoxy groups -OCH3 is 1. The number of aromatic nitrogens is 1. The van der Waals surface area contributed by atoms with E-state index in [2.05, 4.69) is 11.1 Å². The number of carbonyl (C=O) groups is 1. The Bertz CT molecular complexity index is 933. The summed E-state index contributed by atoms with van der Waals surface area (Å²) in [4.78, 5) is 20.9. The highest BCUT2D eigenvalue weighted by Gasteiger charge is 2.24. The minimum Gasteiger partial charge on any atom is -0.496 e. The van der Waals surface area contributed by atoms with Crippen LogP contribution in [0.15, 0.2) is 47.2 Å². The Kier molecular flexibility index (Phi) is 6.59. The van der Waals surface area contributed by atoms with E-state index in [1.165, 1.54) is 0 Å². The number of nitrogens with zero attached hydrogens (tertiary/aromatic N) is 2. The molecule has 1 atom stereocenters. The van der Waals surface area contributed by atoms with Crippen LogP contribution < -0.4 is 4.74 Å². The van der Waals surface area contributed by atoms with Crippen LogP contribution in [0.25, 0.3) is 9.88 Å². The van der Waals surface area contributed by atoms with Gasteiger partial charge in [-0.2, -0.15) is 0 Å². The Balaban J connectivity index is 1.49. The molecule has 7 heteroatoms. The third kappa shape index (κ3) is 5.04. The summed E-state index contributed by atoms with van der Waals surface area (Å²) in [7, 11) is 1.66. The Hall–Kier alpha value is -2.22. The smallest absolute Gasteiger partial charge is 0.229 e. The number of thiazole rings is 1. The Labute approximate surface area is 178 Å². The van der Waals surface area contributed by atoms with Crippen molar-refractivity contribution in [3.8, 4) is 15.6 Å². The molecule has 1 amide bonds. The molecule has 2 aromatic heterocycles. The highest BCUT2D eigenvalue weighted by atomic mass is 32.1. The first-order chi connectivity index (χ1) is 14.2. The van der Waals surface area contributed by atoms with Crippen LogP contribution in [0.4, 0.5) is 0 Å². The molecule has 1 unspecified atom stereocenters. The van der Waals surface area contributed by atoms with E-state index in [1.54, 1.807) is 29.8 Å². The molecule has 152 valence electrons. The van der Waals surface area contributed by atoms with Crippen molar-refractivity contribution in [2.75, 3.05) is 20.3 Å². The van der Waals surface area contributed by atoms with Gasteiger partial charge in [0.25, 0.3) is 0 Å². The molecular formula is C22H24N2O3S2. The second-order valence-corrected chi connectivity index (χ2v) is 8.83. The molecule has 3 heterocycles. The van der Waals surface area contributed by atoms with Crippen LogP contribution in [0.3, 0.4) is 0 Å². The Morgan fingerprint density at radius 1 is 1.28 bits per heavy atom. The molecule has 0 N–H and O–H groups in total. The first-order valence-corrected chi connectivity index (χ1v) is 11.5. The van der Waals surface area contributed by atoms with Crippen molar-refractivity contribution in [1.29, 1.82) is 0 Å². The van der Waals surface area contributed by atoms with E-state index >= 15 is 0 Å². The maximum Gasteiger partial charge on any atom is 0.229 e. The Morgan fingerprint density at radius 2 is 2.17 bits per heavy atom. The van der Waals surface area contributed by atoms with Crippen molar-refractivity contribution in [2.24, 2.45) is 0 Å². The normalized spacial score (nSPS) is 16.1. The largest absolute Gasteiger partial charge is 0.496 e. The fraction of sp³-hybridized carbons (Fsp3) is 0.364. The summed E-state index contributed by atoms with van der Waals surface area (Å²) in [5, 5.41) is 5.00. The highest BCUT2D eigenvalue weighted by molar-refractivity contribution is 7.20. The third-order valence-electron chi connectivity index (χ3n) is 4.97. The van der Waals surface area contributed by atoms with Gasteiger partial charge in [0.15, 0.2) is 0 Å². The predicted molar refractivity (Wildman–Crippen MR) is 117 cm³/mol. The fourth-order valence-electron chi connectivity index (χ4n) is 3.50. The SMILES string of the molecule is COc1ccccc1CN(CC1CCCO1)C(=O)Cc1csc(-c2cccs2)n1. The summed E-state index contributed by atoms with van der Waals surface area (Å²) in [5.41, 5.74) is 1.82. The molecule has 0 spiro atoms. The highest BCUT2D eigenvalue weighted by Crippen LogP contribution is 2.28. The lowest BCUT2D eigenvalue weighted by Gasteiger charge is -2.26.